The molecule has 1 rings (SSSR count). The molecular weight excluding hydrogens is 242 g/mol. The van der Waals surface area contributed by atoms with E-state index in [0.29, 0.717) is 18.2 Å². The molecule has 96 valence electrons. The van der Waals surface area contributed by atoms with E-state index in [9.17, 15) is 0 Å². The number of benzene rings is 1. The predicted octanol–water partition coefficient (Wildman–Crippen LogP) is 1.45. The van der Waals surface area contributed by atoms with Gasteiger partial charge in [-0.25, -0.2) is 0 Å². The molecule has 0 heterocycles. The molecule has 0 saturated carbocycles. The molecule has 1 aromatic carbocycles. The Balaban J connectivity index is 2.56. The second kappa shape index (κ2) is 8.31. The summed E-state index contributed by atoms with van der Waals surface area (Å²) in [5, 5.41) is 12.6. The van der Waals surface area contributed by atoms with Gasteiger partial charge in [-0.1, -0.05) is 11.6 Å². The van der Waals surface area contributed by atoms with E-state index in [1.54, 1.807) is 13.2 Å². The third-order valence-electron chi connectivity index (χ3n) is 2.17. The van der Waals surface area contributed by atoms with Crippen LogP contribution in [0, 0.1) is 0 Å². The first-order chi connectivity index (χ1) is 8.27. The quantitative estimate of drug-likeness (QED) is 0.694. The van der Waals surface area contributed by atoms with Crippen LogP contribution >= 0.6 is 11.6 Å². The van der Waals surface area contributed by atoms with Gasteiger partial charge >= 0.3 is 0 Å². The van der Waals surface area contributed by atoms with E-state index >= 15 is 0 Å². The van der Waals surface area contributed by atoms with Gasteiger partial charge in [0.15, 0.2) is 0 Å². The van der Waals surface area contributed by atoms with Crippen molar-refractivity contribution in [2.45, 2.75) is 6.54 Å². The van der Waals surface area contributed by atoms with Gasteiger partial charge in [0.2, 0.25) is 0 Å². The fourth-order valence-electron chi connectivity index (χ4n) is 1.38. The molecule has 0 fully saturated rings. The highest BCUT2D eigenvalue weighted by molar-refractivity contribution is 6.30. The molecule has 0 aromatic heterocycles. The Kier molecular flexibility index (Phi) is 6.96. The average Bonchev–Trinajstić information content (AvgIpc) is 2.33. The van der Waals surface area contributed by atoms with E-state index in [4.69, 9.17) is 26.2 Å². The number of methoxy groups -OCH3 is 1. The standard InChI is InChI=1S/C12H18ClNO3/c1-16-6-4-14-9-10-8-11(13)2-3-12(10)17-7-5-15/h2-3,8,14-15H,4-7,9H2,1H3. The first-order valence-electron chi connectivity index (χ1n) is 5.49. The first-order valence-corrected chi connectivity index (χ1v) is 5.87. The molecule has 0 aliphatic rings. The molecule has 0 amide bonds. The molecule has 0 bridgehead atoms. The number of halogens is 1. The van der Waals surface area contributed by atoms with Gasteiger partial charge in [0.05, 0.1) is 13.2 Å². The minimum atomic E-state index is -0.000824. The maximum absolute atomic E-state index is 8.74. The van der Waals surface area contributed by atoms with Crippen LogP contribution in [0.25, 0.3) is 0 Å². The molecule has 0 spiro atoms. The fraction of sp³-hybridized carbons (Fsp3) is 0.500. The lowest BCUT2D eigenvalue weighted by atomic mass is 10.2. The van der Waals surface area contributed by atoms with Gasteiger partial charge < -0.3 is 19.9 Å². The second-order valence-corrected chi connectivity index (χ2v) is 3.93. The van der Waals surface area contributed by atoms with Crippen LogP contribution < -0.4 is 10.1 Å². The van der Waals surface area contributed by atoms with E-state index < -0.39 is 0 Å². The molecule has 0 aliphatic heterocycles. The van der Waals surface area contributed by atoms with Gasteiger partial charge in [-0.05, 0) is 18.2 Å². The number of nitrogens with one attached hydrogen (secondary N) is 1. The largest absolute Gasteiger partial charge is 0.491 e. The van der Waals surface area contributed by atoms with Crippen LogP contribution in [-0.4, -0.2) is 38.6 Å². The SMILES string of the molecule is COCCNCc1cc(Cl)ccc1OCCO. The maximum atomic E-state index is 8.74. The van der Waals surface area contributed by atoms with E-state index in [1.165, 1.54) is 0 Å². The van der Waals surface area contributed by atoms with Crippen molar-refractivity contribution in [3.63, 3.8) is 0 Å². The van der Waals surface area contributed by atoms with Crippen molar-refractivity contribution in [3.8, 4) is 5.75 Å². The highest BCUT2D eigenvalue weighted by atomic mass is 35.5. The summed E-state index contributed by atoms with van der Waals surface area (Å²) >= 11 is 5.93. The lowest BCUT2D eigenvalue weighted by molar-refractivity contribution is 0.196. The molecule has 1 aromatic rings. The Labute approximate surface area is 106 Å². The summed E-state index contributed by atoms with van der Waals surface area (Å²) in [6.45, 7) is 2.37. The summed E-state index contributed by atoms with van der Waals surface area (Å²) in [6, 6.07) is 5.44. The van der Waals surface area contributed by atoms with Gasteiger partial charge in [-0.2, -0.15) is 0 Å². The zero-order valence-corrected chi connectivity index (χ0v) is 10.7. The van der Waals surface area contributed by atoms with Crippen molar-refractivity contribution in [1.29, 1.82) is 0 Å². The molecule has 4 nitrogen and oxygen atoms in total. The third kappa shape index (κ3) is 5.37. The molecule has 5 heteroatoms. The Morgan fingerprint density at radius 3 is 2.88 bits per heavy atom. The number of rotatable bonds is 8. The summed E-state index contributed by atoms with van der Waals surface area (Å²) in [4.78, 5) is 0. The van der Waals surface area contributed by atoms with Crippen LogP contribution in [0.4, 0.5) is 0 Å². The molecule has 0 saturated heterocycles. The molecule has 0 radical (unpaired) electrons. The number of hydrogen-bond acceptors (Lipinski definition) is 4. The van der Waals surface area contributed by atoms with E-state index in [2.05, 4.69) is 5.32 Å². The zero-order chi connectivity index (χ0) is 12.5. The number of aliphatic hydroxyl groups excluding tert-OH is 1. The van der Waals surface area contributed by atoms with Crippen LogP contribution in [-0.2, 0) is 11.3 Å². The van der Waals surface area contributed by atoms with Crippen molar-refractivity contribution in [2.75, 3.05) is 33.5 Å². The fourth-order valence-corrected chi connectivity index (χ4v) is 1.57. The van der Waals surface area contributed by atoms with Gasteiger partial charge in [-0.15, -0.1) is 0 Å². The number of ether oxygens (including phenoxy) is 2. The highest BCUT2D eigenvalue weighted by Crippen LogP contribution is 2.22. The molecule has 0 atom stereocenters. The van der Waals surface area contributed by atoms with Crippen molar-refractivity contribution < 1.29 is 14.6 Å². The third-order valence-corrected chi connectivity index (χ3v) is 2.40. The normalized spacial score (nSPS) is 10.5. The smallest absolute Gasteiger partial charge is 0.124 e. The average molecular weight is 260 g/mol. The molecule has 0 unspecified atom stereocenters. The molecule has 2 N–H and O–H groups in total. The summed E-state index contributed by atoms with van der Waals surface area (Å²) in [7, 11) is 1.66. The zero-order valence-electron chi connectivity index (χ0n) is 9.91. The number of aliphatic hydroxyl groups is 1. The van der Waals surface area contributed by atoms with Crippen molar-refractivity contribution in [3.05, 3.63) is 28.8 Å². The first kappa shape index (κ1) is 14.3. The Bertz CT molecular complexity index is 334. The lowest BCUT2D eigenvalue weighted by Gasteiger charge is -2.11. The van der Waals surface area contributed by atoms with Gasteiger partial charge in [-0.3, -0.25) is 0 Å². The Hall–Kier alpha value is -0.810. The van der Waals surface area contributed by atoms with Crippen molar-refractivity contribution >= 4 is 11.6 Å². The summed E-state index contributed by atoms with van der Waals surface area (Å²) < 4.78 is 10.4. The van der Waals surface area contributed by atoms with Crippen LogP contribution in [0.5, 0.6) is 5.75 Å². The number of hydrogen-bond donors (Lipinski definition) is 2. The summed E-state index contributed by atoms with van der Waals surface area (Å²) in [5.74, 6) is 0.744. The maximum Gasteiger partial charge on any atom is 0.124 e. The Morgan fingerprint density at radius 1 is 1.35 bits per heavy atom. The van der Waals surface area contributed by atoms with Crippen LogP contribution in [0.1, 0.15) is 5.56 Å². The van der Waals surface area contributed by atoms with Crippen molar-refractivity contribution in [1.82, 2.24) is 5.32 Å². The van der Waals surface area contributed by atoms with Gasteiger partial charge in [0, 0.05) is 30.8 Å². The predicted molar refractivity (Wildman–Crippen MR) is 67.6 cm³/mol. The van der Waals surface area contributed by atoms with E-state index in [-0.39, 0.29) is 13.2 Å². The molecule has 17 heavy (non-hydrogen) atoms. The van der Waals surface area contributed by atoms with Crippen molar-refractivity contribution in [2.24, 2.45) is 0 Å². The van der Waals surface area contributed by atoms with E-state index in [0.717, 1.165) is 17.9 Å². The second-order valence-electron chi connectivity index (χ2n) is 3.49. The van der Waals surface area contributed by atoms with Crippen LogP contribution in [0.2, 0.25) is 5.02 Å². The minimum Gasteiger partial charge on any atom is -0.491 e. The molecular formula is C12H18ClNO3. The Morgan fingerprint density at radius 2 is 2.18 bits per heavy atom. The van der Waals surface area contributed by atoms with Crippen LogP contribution in [0.3, 0.4) is 0 Å². The topological polar surface area (TPSA) is 50.7 Å². The summed E-state index contributed by atoms with van der Waals surface area (Å²) in [6.07, 6.45) is 0. The monoisotopic (exact) mass is 259 g/mol. The van der Waals surface area contributed by atoms with E-state index in [1.807, 2.05) is 12.1 Å². The van der Waals surface area contributed by atoms with Gasteiger partial charge in [0.1, 0.15) is 12.4 Å². The lowest BCUT2D eigenvalue weighted by Crippen LogP contribution is -2.19. The minimum absolute atomic E-state index is 0.000824. The molecule has 0 aliphatic carbocycles. The highest BCUT2D eigenvalue weighted by Gasteiger charge is 2.04. The van der Waals surface area contributed by atoms with Crippen LogP contribution in [0.15, 0.2) is 18.2 Å². The summed E-state index contributed by atoms with van der Waals surface area (Å²) in [5.41, 5.74) is 0.974. The van der Waals surface area contributed by atoms with Gasteiger partial charge in [0.25, 0.3) is 0 Å².